The van der Waals surface area contributed by atoms with Crippen molar-refractivity contribution in [2.75, 3.05) is 13.2 Å². The van der Waals surface area contributed by atoms with E-state index >= 15 is 0 Å². The fourth-order valence-corrected chi connectivity index (χ4v) is 3.51. The molecule has 0 aliphatic carbocycles. The molecule has 0 heterocycles. The van der Waals surface area contributed by atoms with Gasteiger partial charge in [0.1, 0.15) is 0 Å². The molecule has 1 aromatic rings. The second-order valence-electron chi connectivity index (χ2n) is 11.2. The van der Waals surface area contributed by atoms with Crippen LogP contribution in [0.1, 0.15) is 105 Å². The SMILES string of the molecule is C=C(CCCCOCCCCC(C)C)C(C)C.C=C(Cc1cccc(CC(C)C)c1)C(C)C. The molecular formula is C32H56O. The number of hydrogen-bond donors (Lipinski definition) is 0. The molecule has 0 atom stereocenters. The molecule has 0 unspecified atom stereocenters. The molecule has 0 fully saturated rings. The molecular weight excluding hydrogens is 400 g/mol. The summed E-state index contributed by atoms with van der Waals surface area (Å²) in [4.78, 5) is 0. The Morgan fingerprint density at radius 2 is 1.30 bits per heavy atom. The Bertz CT molecular complexity index is 636. The lowest BCUT2D eigenvalue weighted by Crippen LogP contribution is -1.99. The second-order valence-corrected chi connectivity index (χ2v) is 11.2. The van der Waals surface area contributed by atoms with E-state index in [4.69, 9.17) is 4.74 Å². The van der Waals surface area contributed by atoms with Gasteiger partial charge in [0.15, 0.2) is 0 Å². The van der Waals surface area contributed by atoms with Crippen molar-refractivity contribution in [3.05, 3.63) is 59.7 Å². The average Bonchev–Trinajstić information content (AvgIpc) is 2.72. The highest BCUT2D eigenvalue weighted by molar-refractivity contribution is 5.27. The Morgan fingerprint density at radius 3 is 1.85 bits per heavy atom. The minimum atomic E-state index is 0.578. The van der Waals surface area contributed by atoms with Gasteiger partial charge in [0.2, 0.25) is 0 Å². The van der Waals surface area contributed by atoms with Gasteiger partial charge in [-0.05, 0) is 73.3 Å². The van der Waals surface area contributed by atoms with E-state index in [2.05, 4.69) is 92.8 Å². The van der Waals surface area contributed by atoms with Gasteiger partial charge in [0, 0.05) is 13.2 Å². The summed E-state index contributed by atoms with van der Waals surface area (Å²) in [6, 6.07) is 8.92. The summed E-state index contributed by atoms with van der Waals surface area (Å²) < 4.78 is 5.63. The molecule has 33 heavy (non-hydrogen) atoms. The normalized spacial score (nSPS) is 11.3. The van der Waals surface area contributed by atoms with Crippen LogP contribution in [0.4, 0.5) is 0 Å². The third-order valence-electron chi connectivity index (χ3n) is 6.06. The molecule has 0 bridgehead atoms. The Balaban J connectivity index is 0.000000621. The number of ether oxygens (including phenoxy) is 1. The highest BCUT2D eigenvalue weighted by Gasteiger charge is 2.04. The predicted molar refractivity (Wildman–Crippen MR) is 150 cm³/mol. The third-order valence-corrected chi connectivity index (χ3v) is 6.06. The summed E-state index contributed by atoms with van der Waals surface area (Å²) in [5.74, 6) is 2.77. The van der Waals surface area contributed by atoms with Crippen LogP contribution in [0, 0.1) is 23.7 Å². The van der Waals surface area contributed by atoms with Crippen LogP contribution in [0.2, 0.25) is 0 Å². The van der Waals surface area contributed by atoms with Crippen LogP contribution in [0.5, 0.6) is 0 Å². The van der Waals surface area contributed by atoms with Crippen molar-refractivity contribution < 1.29 is 4.74 Å². The van der Waals surface area contributed by atoms with E-state index < -0.39 is 0 Å². The molecule has 1 nitrogen and oxygen atoms in total. The van der Waals surface area contributed by atoms with Crippen molar-refractivity contribution >= 4 is 0 Å². The Kier molecular flexibility index (Phi) is 18.2. The molecule has 0 N–H and O–H groups in total. The molecule has 1 aromatic carbocycles. The lowest BCUT2D eigenvalue weighted by atomic mass is 9.95. The first-order valence-electron chi connectivity index (χ1n) is 13.5. The maximum atomic E-state index is 5.63. The maximum Gasteiger partial charge on any atom is 0.0466 e. The summed E-state index contributed by atoms with van der Waals surface area (Å²) in [6.45, 7) is 28.0. The van der Waals surface area contributed by atoms with E-state index in [9.17, 15) is 0 Å². The van der Waals surface area contributed by atoms with Crippen molar-refractivity contribution in [2.45, 2.75) is 107 Å². The molecule has 190 valence electrons. The fraction of sp³-hybridized carbons (Fsp3) is 0.688. The number of unbranched alkanes of at least 4 members (excludes halogenated alkanes) is 2. The van der Waals surface area contributed by atoms with E-state index in [0.717, 1.165) is 37.9 Å². The van der Waals surface area contributed by atoms with Crippen molar-refractivity contribution in [3.63, 3.8) is 0 Å². The third kappa shape index (κ3) is 18.7. The minimum absolute atomic E-state index is 0.578. The smallest absolute Gasteiger partial charge is 0.0466 e. The van der Waals surface area contributed by atoms with E-state index in [-0.39, 0.29) is 0 Å². The van der Waals surface area contributed by atoms with Crippen molar-refractivity contribution in [3.8, 4) is 0 Å². The van der Waals surface area contributed by atoms with Crippen LogP contribution in [0.15, 0.2) is 48.6 Å². The lowest BCUT2D eigenvalue weighted by Gasteiger charge is -2.11. The van der Waals surface area contributed by atoms with Crippen LogP contribution in [-0.2, 0) is 17.6 Å². The van der Waals surface area contributed by atoms with Gasteiger partial charge in [-0.2, -0.15) is 0 Å². The molecule has 0 radical (unpaired) electrons. The fourth-order valence-electron chi connectivity index (χ4n) is 3.51. The van der Waals surface area contributed by atoms with E-state index in [1.165, 1.54) is 60.8 Å². The standard InChI is InChI=1S/C16H32O.C16H24/c1-14(2)10-6-8-12-17-13-9-7-11-16(5)15(3)4;1-12(2)9-15-7-6-8-16(11-15)10-14(5)13(3)4/h14-15H,5-13H2,1-4H3;6-8,11-13H,5,9-10H2,1-4H3. The first-order chi connectivity index (χ1) is 15.5. The van der Waals surface area contributed by atoms with Gasteiger partial charge in [-0.1, -0.05) is 117 Å². The van der Waals surface area contributed by atoms with Gasteiger partial charge in [0.05, 0.1) is 0 Å². The van der Waals surface area contributed by atoms with Crippen LogP contribution < -0.4 is 0 Å². The summed E-state index contributed by atoms with van der Waals surface area (Å²) >= 11 is 0. The number of benzene rings is 1. The summed E-state index contributed by atoms with van der Waals surface area (Å²) in [5, 5.41) is 0. The van der Waals surface area contributed by atoms with Gasteiger partial charge in [-0.3, -0.25) is 0 Å². The van der Waals surface area contributed by atoms with Gasteiger partial charge in [-0.25, -0.2) is 0 Å². The zero-order valence-electron chi connectivity index (χ0n) is 23.5. The lowest BCUT2D eigenvalue weighted by molar-refractivity contribution is 0.125. The molecule has 0 saturated carbocycles. The van der Waals surface area contributed by atoms with E-state index in [1.54, 1.807) is 0 Å². The first kappa shape index (κ1) is 31.7. The molecule has 0 saturated heterocycles. The van der Waals surface area contributed by atoms with Crippen molar-refractivity contribution in [1.82, 2.24) is 0 Å². The number of allylic oxidation sites excluding steroid dienone is 2. The van der Waals surface area contributed by atoms with Crippen molar-refractivity contribution in [2.24, 2.45) is 23.7 Å². The van der Waals surface area contributed by atoms with Gasteiger partial charge in [-0.15, -0.1) is 0 Å². The van der Waals surface area contributed by atoms with Gasteiger partial charge >= 0.3 is 0 Å². The highest BCUT2D eigenvalue weighted by Crippen LogP contribution is 2.17. The van der Waals surface area contributed by atoms with Crippen LogP contribution >= 0.6 is 0 Å². The average molecular weight is 457 g/mol. The quantitative estimate of drug-likeness (QED) is 0.178. The number of hydrogen-bond acceptors (Lipinski definition) is 1. The van der Waals surface area contributed by atoms with E-state index in [0.29, 0.717) is 11.8 Å². The minimum Gasteiger partial charge on any atom is -0.381 e. The topological polar surface area (TPSA) is 9.23 Å². The maximum absolute atomic E-state index is 5.63. The van der Waals surface area contributed by atoms with Crippen LogP contribution in [0.25, 0.3) is 0 Å². The first-order valence-corrected chi connectivity index (χ1v) is 13.5. The van der Waals surface area contributed by atoms with E-state index in [1.807, 2.05) is 0 Å². The Hall–Kier alpha value is -1.34. The molecule has 0 amide bonds. The summed E-state index contributed by atoms with van der Waals surface area (Å²) in [7, 11) is 0. The monoisotopic (exact) mass is 456 g/mol. The molecule has 0 spiro atoms. The van der Waals surface area contributed by atoms with Crippen LogP contribution in [-0.4, -0.2) is 13.2 Å². The molecule has 0 aliphatic heterocycles. The summed E-state index contributed by atoms with van der Waals surface area (Å²) in [5.41, 5.74) is 5.55. The Morgan fingerprint density at radius 1 is 0.727 bits per heavy atom. The summed E-state index contributed by atoms with van der Waals surface area (Å²) in [6.07, 6.45) is 9.61. The molecule has 1 heteroatoms. The second kappa shape index (κ2) is 19.0. The molecule has 1 rings (SSSR count). The predicted octanol–water partition coefficient (Wildman–Crippen LogP) is 9.85. The number of rotatable bonds is 16. The Labute approximate surface area is 208 Å². The van der Waals surface area contributed by atoms with Gasteiger partial charge < -0.3 is 4.74 Å². The zero-order chi connectivity index (χ0) is 25.2. The highest BCUT2D eigenvalue weighted by atomic mass is 16.5. The van der Waals surface area contributed by atoms with Crippen LogP contribution in [0.3, 0.4) is 0 Å². The zero-order valence-corrected chi connectivity index (χ0v) is 23.5. The van der Waals surface area contributed by atoms with Gasteiger partial charge in [0.25, 0.3) is 0 Å². The molecule has 0 aromatic heterocycles. The molecule has 0 aliphatic rings. The largest absolute Gasteiger partial charge is 0.381 e. The van der Waals surface area contributed by atoms with Crippen molar-refractivity contribution in [1.29, 1.82) is 0 Å².